The lowest BCUT2D eigenvalue weighted by atomic mass is 9.79. The molecule has 15 heteroatoms. The zero-order chi connectivity index (χ0) is 41.1. The van der Waals surface area contributed by atoms with E-state index in [0.717, 1.165) is 104 Å². The highest BCUT2D eigenvalue weighted by molar-refractivity contribution is 6.05. The first-order chi connectivity index (χ1) is 29.1. The van der Waals surface area contributed by atoms with Gasteiger partial charge in [0.15, 0.2) is 5.82 Å². The van der Waals surface area contributed by atoms with Gasteiger partial charge in [0.2, 0.25) is 11.8 Å². The highest BCUT2D eigenvalue weighted by atomic mass is 19.1. The Labute approximate surface area is 347 Å². The zero-order valence-corrected chi connectivity index (χ0v) is 34.1. The molecule has 2 saturated carbocycles. The molecule has 4 aromatic rings. The maximum absolute atomic E-state index is 16.0. The van der Waals surface area contributed by atoms with Crippen LogP contribution in [0.5, 0.6) is 5.75 Å². The second-order valence-corrected chi connectivity index (χ2v) is 18.2. The van der Waals surface area contributed by atoms with Crippen molar-refractivity contribution in [3.8, 4) is 17.1 Å². The molecule has 5 fully saturated rings. The van der Waals surface area contributed by atoms with Crippen LogP contribution in [0, 0.1) is 23.5 Å². The van der Waals surface area contributed by atoms with E-state index in [4.69, 9.17) is 9.47 Å². The normalized spacial score (nSPS) is 24.9. The van der Waals surface area contributed by atoms with Crippen LogP contribution in [0.2, 0.25) is 0 Å². The fourth-order valence-electron chi connectivity index (χ4n) is 10.2. The maximum atomic E-state index is 16.0. The van der Waals surface area contributed by atoms with Gasteiger partial charge >= 0.3 is 0 Å². The Balaban J connectivity index is 0.675. The Morgan fingerprint density at radius 2 is 1.58 bits per heavy atom. The largest absolute Gasteiger partial charge is 0.488 e. The third kappa shape index (κ3) is 7.69. The second kappa shape index (κ2) is 15.7. The first kappa shape index (κ1) is 39.0. The van der Waals surface area contributed by atoms with E-state index in [1.54, 1.807) is 11.2 Å². The van der Waals surface area contributed by atoms with Crippen LogP contribution in [-0.4, -0.2) is 92.8 Å². The molecule has 6 aliphatic rings. The number of carbonyl (C=O) groups excluding carboxylic acids is 3. The first-order valence-electron chi connectivity index (χ1n) is 21.9. The minimum atomic E-state index is -0.887. The van der Waals surface area contributed by atoms with E-state index in [1.165, 1.54) is 11.3 Å². The van der Waals surface area contributed by atoms with Gasteiger partial charge in [-0.3, -0.25) is 24.8 Å². The van der Waals surface area contributed by atoms with Crippen LogP contribution in [0.3, 0.4) is 0 Å². The average molecular weight is 823 g/mol. The van der Waals surface area contributed by atoms with E-state index in [1.807, 2.05) is 12.1 Å². The van der Waals surface area contributed by atoms with E-state index in [-0.39, 0.29) is 54.0 Å². The Morgan fingerprint density at radius 1 is 0.850 bits per heavy atom. The second-order valence-electron chi connectivity index (χ2n) is 18.2. The molecular weight excluding hydrogens is 771 g/mol. The van der Waals surface area contributed by atoms with Crippen LogP contribution in [0.15, 0.2) is 36.7 Å². The van der Waals surface area contributed by atoms with Crippen molar-refractivity contribution >= 4 is 40.1 Å². The van der Waals surface area contributed by atoms with Gasteiger partial charge in [0, 0.05) is 49.6 Å². The molecule has 1 unspecified atom stereocenters. The van der Waals surface area contributed by atoms with Gasteiger partial charge in [-0.15, -0.1) is 0 Å². The molecule has 2 N–H and O–H groups in total. The van der Waals surface area contributed by atoms with Gasteiger partial charge in [0.1, 0.15) is 46.7 Å². The third-order valence-corrected chi connectivity index (χ3v) is 14.0. The number of rotatable bonds is 10. The summed E-state index contributed by atoms with van der Waals surface area (Å²) < 4.78 is 44.2. The minimum absolute atomic E-state index is 0.0359. The molecule has 316 valence electrons. The predicted octanol–water partition coefficient (Wildman–Crippen LogP) is 6.84. The molecule has 1 atom stereocenters. The molecule has 4 aliphatic heterocycles. The van der Waals surface area contributed by atoms with Crippen molar-refractivity contribution in [1.82, 2.24) is 30.4 Å². The summed E-state index contributed by atoms with van der Waals surface area (Å²) in [4.78, 5) is 51.8. The van der Waals surface area contributed by atoms with Crippen molar-refractivity contribution in [2.45, 2.75) is 121 Å². The number of ether oxygens (including phenoxy) is 2. The standard InChI is InChI=1S/C45H52F2N8O5/c1-45(14-15-45)60-30-6-7-35-32(21-30)41(52-51-35)36-23-38(49-25-48-36)53-16-10-27(11-17-53)20-26-2-4-28(5-3-26)59-29-12-18-54(19-13-29)42-34(46)22-31-33(40(42)47)24-55(44(31)58)37-8-9-39(56)50-43(37)57/h6-7,21-23,25-29,37H,2-5,8-20,24H2,1H3,(H,51,52)(H,50,56,57). The molecule has 3 amide bonds. The van der Waals surface area contributed by atoms with E-state index >= 15 is 8.78 Å². The average Bonchev–Trinajstić information content (AvgIpc) is 3.67. The van der Waals surface area contributed by atoms with Gasteiger partial charge in [-0.25, -0.2) is 18.7 Å². The lowest BCUT2D eigenvalue weighted by molar-refractivity contribution is -0.136. The lowest BCUT2D eigenvalue weighted by Gasteiger charge is -2.38. The molecule has 2 aliphatic carbocycles. The van der Waals surface area contributed by atoms with Crippen LogP contribution in [0.1, 0.15) is 106 Å². The number of carbonyl (C=O) groups is 3. The molecule has 0 radical (unpaired) electrons. The molecule has 0 spiro atoms. The first-order valence-corrected chi connectivity index (χ1v) is 21.9. The molecular formula is C45H52F2N8O5. The minimum Gasteiger partial charge on any atom is -0.488 e. The van der Waals surface area contributed by atoms with Crippen molar-refractivity contribution in [3.05, 3.63) is 59.4 Å². The van der Waals surface area contributed by atoms with Crippen molar-refractivity contribution < 1.29 is 32.6 Å². The topological polar surface area (TPSA) is 146 Å². The quantitative estimate of drug-likeness (QED) is 0.163. The van der Waals surface area contributed by atoms with Crippen LogP contribution >= 0.6 is 0 Å². The molecule has 60 heavy (non-hydrogen) atoms. The summed E-state index contributed by atoms with van der Waals surface area (Å²) in [6, 6.07) is 8.35. The van der Waals surface area contributed by atoms with Crippen LogP contribution < -0.4 is 19.9 Å². The van der Waals surface area contributed by atoms with E-state index in [9.17, 15) is 14.4 Å². The summed E-state index contributed by atoms with van der Waals surface area (Å²) in [5, 5.41) is 11.0. The van der Waals surface area contributed by atoms with Crippen molar-refractivity contribution in [2.75, 3.05) is 36.0 Å². The monoisotopic (exact) mass is 822 g/mol. The fraction of sp³-hybridized carbons (Fsp3) is 0.556. The Bertz CT molecular complexity index is 2310. The summed E-state index contributed by atoms with van der Waals surface area (Å²) in [7, 11) is 0. The number of anilines is 2. The van der Waals surface area contributed by atoms with Gasteiger partial charge in [-0.05, 0) is 120 Å². The van der Waals surface area contributed by atoms with Gasteiger partial charge in [0.05, 0.1) is 35.5 Å². The van der Waals surface area contributed by atoms with Gasteiger partial charge in [0.25, 0.3) is 5.91 Å². The molecule has 2 aromatic carbocycles. The highest BCUT2D eigenvalue weighted by Gasteiger charge is 2.43. The number of hydrogen-bond donors (Lipinski definition) is 2. The number of halogens is 2. The number of aromatic nitrogens is 4. The number of aromatic amines is 1. The summed E-state index contributed by atoms with van der Waals surface area (Å²) in [6.45, 7) is 4.84. The predicted molar refractivity (Wildman–Crippen MR) is 219 cm³/mol. The van der Waals surface area contributed by atoms with Crippen LogP contribution in [0.25, 0.3) is 22.3 Å². The number of imide groups is 1. The van der Waals surface area contributed by atoms with E-state index in [0.29, 0.717) is 37.8 Å². The number of fused-ring (bicyclic) bond motifs is 2. The molecule has 6 heterocycles. The molecule has 13 nitrogen and oxygen atoms in total. The number of piperidine rings is 3. The van der Waals surface area contributed by atoms with Crippen LogP contribution in [-0.2, 0) is 20.9 Å². The lowest BCUT2D eigenvalue weighted by Crippen LogP contribution is -2.52. The van der Waals surface area contributed by atoms with Crippen molar-refractivity contribution in [1.29, 1.82) is 0 Å². The Morgan fingerprint density at radius 3 is 2.33 bits per heavy atom. The SMILES string of the molecule is CC1(Oc2ccc3[nH]nc(-c4cc(N5CCC(CC6CCC(OC7CCN(c8c(F)cc9c(c8F)CN(C8CCC(=O)NC8=O)C9=O)CC7)CC6)CC5)ncn4)c3c2)CC1. The number of hydrogen-bond acceptors (Lipinski definition) is 10. The highest BCUT2D eigenvalue weighted by Crippen LogP contribution is 2.42. The summed E-state index contributed by atoms with van der Waals surface area (Å²) in [5.74, 6) is 0.0782. The van der Waals surface area contributed by atoms with Gasteiger partial charge in [-0.1, -0.05) is 0 Å². The summed E-state index contributed by atoms with van der Waals surface area (Å²) in [6.07, 6.45) is 13.5. The molecule has 3 saturated heterocycles. The van der Waals surface area contributed by atoms with Crippen LogP contribution in [0.4, 0.5) is 20.3 Å². The summed E-state index contributed by atoms with van der Waals surface area (Å²) in [5.41, 5.74) is 2.43. The number of nitrogens with zero attached hydrogens (tertiary/aromatic N) is 6. The van der Waals surface area contributed by atoms with Gasteiger partial charge < -0.3 is 24.2 Å². The fourth-order valence-corrected chi connectivity index (χ4v) is 10.2. The molecule has 10 rings (SSSR count). The summed E-state index contributed by atoms with van der Waals surface area (Å²) >= 11 is 0. The number of nitrogens with one attached hydrogen (secondary N) is 2. The van der Waals surface area contributed by atoms with Crippen molar-refractivity contribution in [3.63, 3.8) is 0 Å². The Hall–Kier alpha value is -5.18. The van der Waals surface area contributed by atoms with Crippen molar-refractivity contribution in [2.24, 2.45) is 11.8 Å². The maximum Gasteiger partial charge on any atom is 0.255 e. The zero-order valence-electron chi connectivity index (χ0n) is 34.1. The van der Waals surface area contributed by atoms with E-state index < -0.39 is 35.4 Å². The number of amides is 3. The third-order valence-electron chi connectivity index (χ3n) is 14.0. The van der Waals surface area contributed by atoms with Gasteiger partial charge in [-0.2, -0.15) is 5.10 Å². The van der Waals surface area contributed by atoms with E-state index in [2.05, 4.69) is 49.4 Å². The number of benzene rings is 2. The smallest absolute Gasteiger partial charge is 0.255 e. The number of H-pyrrole nitrogens is 1. The molecule has 0 bridgehead atoms. The Kier molecular flexibility index (Phi) is 10.2. The molecule has 2 aromatic heterocycles.